The van der Waals surface area contributed by atoms with E-state index in [1.165, 1.54) is 4.57 Å². The van der Waals surface area contributed by atoms with Gasteiger partial charge in [0.1, 0.15) is 5.52 Å². The van der Waals surface area contributed by atoms with Gasteiger partial charge in [-0.1, -0.05) is 0 Å². The Bertz CT molecular complexity index is 868. The van der Waals surface area contributed by atoms with Gasteiger partial charge in [-0.2, -0.15) is 0 Å². The van der Waals surface area contributed by atoms with Crippen LogP contribution in [0.3, 0.4) is 0 Å². The van der Waals surface area contributed by atoms with Crippen LogP contribution < -0.4 is 11.2 Å². The van der Waals surface area contributed by atoms with E-state index in [2.05, 4.69) is 15.0 Å². The van der Waals surface area contributed by atoms with Crippen LogP contribution in [0.1, 0.15) is 11.8 Å². The van der Waals surface area contributed by atoms with Crippen LogP contribution in [0, 0.1) is 6.92 Å². The number of aromatic nitrogens is 4. The summed E-state index contributed by atoms with van der Waals surface area (Å²) in [5, 5.41) is 0. The summed E-state index contributed by atoms with van der Waals surface area (Å²) >= 11 is 1.59. The summed E-state index contributed by atoms with van der Waals surface area (Å²) in [5.74, 6) is 0.617. The van der Waals surface area contributed by atoms with Crippen molar-refractivity contribution in [2.75, 3.05) is 0 Å². The van der Waals surface area contributed by atoms with Crippen LogP contribution in [-0.2, 0) is 6.54 Å². The van der Waals surface area contributed by atoms with Gasteiger partial charge in [-0.25, -0.2) is 9.78 Å². The van der Waals surface area contributed by atoms with Crippen molar-refractivity contribution in [3.63, 3.8) is 0 Å². The van der Waals surface area contributed by atoms with Crippen molar-refractivity contribution >= 4 is 22.5 Å². The first kappa shape index (κ1) is 11.9. The quantitative estimate of drug-likeness (QED) is 0.743. The summed E-state index contributed by atoms with van der Waals surface area (Å²) in [6.07, 6.45) is 0. The normalized spacial score (nSPS) is 11.3. The molecule has 0 amide bonds. The van der Waals surface area contributed by atoms with Crippen LogP contribution >= 0.6 is 11.3 Å². The fourth-order valence-electron chi connectivity index (χ4n) is 2.01. The average Bonchev–Trinajstić information content (AvgIpc) is 2.96. The minimum absolute atomic E-state index is 0.336. The third kappa shape index (κ3) is 1.82. The van der Waals surface area contributed by atoms with E-state index in [0.29, 0.717) is 23.5 Å². The molecule has 3 aromatic rings. The van der Waals surface area contributed by atoms with Gasteiger partial charge < -0.3 is 4.98 Å². The van der Waals surface area contributed by atoms with Gasteiger partial charge in [0.2, 0.25) is 0 Å². The maximum absolute atomic E-state index is 11.8. The Morgan fingerprint density at radius 3 is 2.74 bits per heavy atom. The van der Waals surface area contributed by atoms with E-state index in [1.54, 1.807) is 11.3 Å². The third-order valence-corrected chi connectivity index (χ3v) is 3.93. The number of thiophene rings is 1. The second-order valence-electron chi connectivity index (χ2n) is 4.20. The zero-order valence-corrected chi connectivity index (χ0v) is 11.3. The first-order chi connectivity index (χ1) is 9.10. The highest BCUT2D eigenvalue weighted by Gasteiger charge is 2.13. The monoisotopic (exact) mass is 276 g/mol. The minimum Gasteiger partial charge on any atom is -0.331 e. The van der Waals surface area contributed by atoms with E-state index in [0.717, 1.165) is 9.75 Å². The lowest BCUT2D eigenvalue weighted by Gasteiger charge is -1.99. The number of nitrogens with one attached hydrogen (secondary N) is 2. The number of aromatic amines is 2. The van der Waals surface area contributed by atoms with Crippen LogP contribution in [0.15, 0.2) is 21.7 Å². The van der Waals surface area contributed by atoms with Crippen molar-refractivity contribution in [1.29, 1.82) is 0 Å². The van der Waals surface area contributed by atoms with Crippen molar-refractivity contribution < 1.29 is 0 Å². The fraction of sp³-hybridized carbons (Fsp3) is 0.250. The predicted molar refractivity (Wildman–Crippen MR) is 74.7 cm³/mol. The molecule has 3 heterocycles. The molecule has 0 unspecified atom stereocenters. The summed E-state index contributed by atoms with van der Waals surface area (Å²) < 4.78 is 1.44. The lowest BCUT2D eigenvalue weighted by Crippen LogP contribution is -2.29. The number of H-pyrrole nitrogens is 2. The Balaban J connectivity index is 2.34. The van der Waals surface area contributed by atoms with Crippen molar-refractivity contribution in [2.45, 2.75) is 20.4 Å². The SMILES string of the molecule is CCn1c(=O)[nH]c(=O)c2[nH]c(-c3ccc(C)s3)nc21. The van der Waals surface area contributed by atoms with Crippen molar-refractivity contribution in [2.24, 2.45) is 0 Å². The lowest BCUT2D eigenvalue weighted by molar-refractivity contribution is 0.720. The highest BCUT2D eigenvalue weighted by atomic mass is 32.1. The number of fused-ring (bicyclic) bond motifs is 1. The molecule has 0 radical (unpaired) electrons. The molecule has 6 nitrogen and oxygen atoms in total. The number of aryl methyl sites for hydroxylation is 2. The minimum atomic E-state index is -0.434. The molecule has 3 aromatic heterocycles. The molecule has 0 spiro atoms. The van der Waals surface area contributed by atoms with Gasteiger partial charge in [-0.15, -0.1) is 11.3 Å². The molecule has 98 valence electrons. The first-order valence-electron chi connectivity index (χ1n) is 5.89. The highest BCUT2D eigenvalue weighted by Crippen LogP contribution is 2.26. The molecule has 7 heteroatoms. The maximum Gasteiger partial charge on any atom is 0.330 e. The Labute approximate surface area is 111 Å². The number of hydrogen-bond donors (Lipinski definition) is 2. The molecular formula is C12H12N4O2S. The van der Waals surface area contributed by atoms with E-state index in [1.807, 2.05) is 26.0 Å². The number of imidazole rings is 1. The van der Waals surface area contributed by atoms with Gasteiger partial charge in [-0.3, -0.25) is 14.3 Å². The smallest absolute Gasteiger partial charge is 0.330 e. The summed E-state index contributed by atoms with van der Waals surface area (Å²) in [5.41, 5.74) is -0.128. The Morgan fingerprint density at radius 1 is 1.32 bits per heavy atom. The Kier molecular flexibility index (Phi) is 2.63. The van der Waals surface area contributed by atoms with E-state index in [9.17, 15) is 9.59 Å². The van der Waals surface area contributed by atoms with Gasteiger partial charge in [0, 0.05) is 11.4 Å². The van der Waals surface area contributed by atoms with Gasteiger partial charge in [0.25, 0.3) is 5.56 Å². The summed E-state index contributed by atoms with van der Waals surface area (Å²) in [4.78, 5) is 35.2. The molecule has 0 saturated heterocycles. The third-order valence-electron chi connectivity index (χ3n) is 2.92. The molecule has 0 aliphatic heterocycles. The van der Waals surface area contributed by atoms with Crippen molar-refractivity contribution in [3.05, 3.63) is 37.8 Å². The van der Waals surface area contributed by atoms with E-state index in [-0.39, 0.29) is 0 Å². The lowest BCUT2D eigenvalue weighted by atomic mass is 10.4. The second kappa shape index (κ2) is 4.20. The van der Waals surface area contributed by atoms with Crippen LogP contribution in [0.5, 0.6) is 0 Å². The first-order valence-corrected chi connectivity index (χ1v) is 6.71. The zero-order valence-electron chi connectivity index (χ0n) is 10.5. The molecule has 19 heavy (non-hydrogen) atoms. The van der Waals surface area contributed by atoms with Gasteiger partial charge in [0.15, 0.2) is 11.5 Å². The second-order valence-corrected chi connectivity index (χ2v) is 5.49. The van der Waals surface area contributed by atoms with Crippen LogP contribution in [0.25, 0.3) is 21.9 Å². The Morgan fingerprint density at radius 2 is 2.11 bits per heavy atom. The van der Waals surface area contributed by atoms with E-state index in [4.69, 9.17) is 0 Å². The number of hydrogen-bond acceptors (Lipinski definition) is 4. The standard InChI is InChI=1S/C12H12N4O2S/c1-3-16-10-8(11(17)15-12(16)18)13-9(14-10)7-5-4-6(2)19-7/h4-5H,3H2,1-2H3,(H,13,14)(H,15,17,18). The predicted octanol–water partition coefficient (Wildman–Crippen LogP) is 1.47. The topological polar surface area (TPSA) is 83.5 Å². The van der Waals surface area contributed by atoms with E-state index >= 15 is 0 Å². The fourth-order valence-corrected chi connectivity index (χ4v) is 2.83. The highest BCUT2D eigenvalue weighted by molar-refractivity contribution is 7.15. The maximum atomic E-state index is 11.8. The zero-order chi connectivity index (χ0) is 13.6. The molecule has 0 aliphatic rings. The molecule has 0 aliphatic carbocycles. The summed E-state index contributed by atoms with van der Waals surface area (Å²) in [7, 11) is 0. The summed E-state index contributed by atoms with van der Waals surface area (Å²) in [6, 6.07) is 3.94. The van der Waals surface area contributed by atoms with Gasteiger partial charge in [0.05, 0.1) is 4.88 Å². The van der Waals surface area contributed by atoms with Crippen LogP contribution in [-0.4, -0.2) is 19.5 Å². The average molecular weight is 276 g/mol. The van der Waals surface area contributed by atoms with Gasteiger partial charge in [-0.05, 0) is 26.0 Å². The molecule has 2 N–H and O–H groups in total. The van der Waals surface area contributed by atoms with Crippen LogP contribution in [0.2, 0.25) is 0 Å². The number of nitrogens with zero attached hydrogens (tertiary/aromatic N) is 2. The molecule has 0 saturated carbocycles. The van der Waals surface area contributed by atoms with E-state index < -0.39 is 11.2 Å². The van der Waals surface area contributed by atoms with Crippen molar-refractivity contribution in [3.8, 4) is 10.7 Å². The Hall–Kier alpha value is -2.15. The molecular weight excluding hydrogens is 264 g/mol. The van der Waals surface area contributed by atoms with Crippen LogP contribution in [0.4, 0.5) is 0 Å². The molecule has 3 rings (SSSR count). The molecule has 0 bridgehead atoms. The molecule has 0 atom stereocenters. The molecule has 0 aromatic carbocycles. The van der Waals surface area contributed by atoms with Gasteiger partial charge >= 0.3 is 5.69 Å². The van der Waals surface area contributed by atoms with Crippen molar-refractivity contribution in [1.82, 2.24) is 19.5 Å². The number of rotatable bonds is 2. The largest absolute Gasteiger partial charge is 0.331 e. The molecule has 0 fully saturated rings. The summed E-state index contributed by atoms with van der Waals surface area (Å²) in [6.45, 7) is 4.30.